The van der Waals surface area contributed by atoms with E-state index in [9.17, 15) is 4.79 Å². The molecule has 0 unspecified atom stereocenters. The van der Waals surface area contributed by atoms with Crippen molar-refractivity contribution in [1.29, 1.82) is 0 Å². The standard InChI is InChI=1S/C17H31N3O/c1-17(6-8-18-9-7-17)16(21)20-12-4-15(5-13-20)14-19-10-2-3-11-19/h15,18H,2-14H2,1H3. The van der Waals surface area contributed by atoms with E-state index in [0.29, 0.717) is 5.91 Å². The lowest BCUT2D eigenvalue weighted by Crippen LogP contribution is -2.50. The molecule has 21 heavy (non-hydrogen) atoms. The van der Waals surface area contributed by atoms with Gasteiger partial charge in [-0.2, -0.15) is 0 Å². The number of piperidine rings is 2. The van der Waals surface area contributed by atoms with Crippen molar-refractivity contribution in [2.45, 2.75) is 45.4 Å². The first kappa shape index (κ1) is 15.3. The molecule has 3 aliphatic rings. The molecule has 0 spiro atoms. The number of nitrogens with one attached hydrogen (secondary N) is 1. The first-order valence-corrected chi connectivity index (χ1v) is 8.90. The predicted molar refractivity (Wildman–Crippen MR) is 85.2 cm³/mol. The van der Waals surface area contributed by atoms with Crippen molar-refractivity contribution >= 4 is 5.91 Å². The van der Waals surface area contributed by atoms with Gasteiger partial charge in [-0.15, -0.1) is 0 Å². The summed E-state index contributed by atoms with van der Waals surface area (Å²) in [6.07, 6.45) is 7.17. The van der Waals surface area contributed by atoms with Gasteiger partial charge in [0.05, 0.1) is 0 Å². The zero-order chi connectivity index (χ0) is 14.7. The molecule has 0 saturated carbocycles. The highest BCUT2D eigenvalue weighted by Crippen LogP contribution is 2.32. The second kappa shape index (κ2) is 6.66. The molecule has 1 amide bonds. The minimum atomic E-state index is -0.104. The van der Waals surface area contributed by atoms with Gasteiger partial charge in [0.15, 0.2) is 0 Å². The lowest BCUT2D eigenvalue weighted by Gasteiger charge is -2.41. The van der Waals surface area contributed by atoms with Crippen LogP contribution in [0, 0.1) is 11.3 Å². The molecule has 120 valence electrons. The maximum Gasteiger partial charge on any atom is 0.228 e. The van der Waals surface area contributed by atoms with E-state index in [2.05, 4.69) is 22.0 Å². The molecular formula is C17H31N3O. The van der Waals surface area contributed by atoms with Crippen LogP contribution in [-0.4, -0.2) is 61.5 Å². The van der Waals surface area contributed by atoms with E-state index in [-0.39, 0.29) is 5.41 Å². The summed E-state index contributed by atoms with van der Waals surface area (Å²) in [5, 5.41) is 3.37. The van der Waals surface area contributed by atoms with Gasteiger partial charge in [0.25, 0.3) is 0 Å². The molecule has 0 aliphatic carbocycles. The summed E-state index contributed by atoms with van der Waals surface area (Å²) in [5.41, 5.74) is -0.104. The van der Waals surface area contributed by atoms with E-state index in [1.807, 2.05) is 0 Å². The van der Waals surface area contributed by atoms with Gasteiger partial charge in [0.2, 0.25) is 5.91 Å². The van der Waals surface area contributed by atoms with Crippen LogP contribution >= 0.6 is 0 Å². The number of hydrogen-bond acceptors (Lipinski definition) is 3. The number of carbonyl (C=O) groups is 1. The zero-order valence-electron chi connectivity index (χ0n) is 13.6. The summed E-state index contributed by atoms with van der Waals surface area (Å²) in [5.74, 6) is 1.23. The average molecular weight is 293 g/mol. The molecule has 0 radical (unpaired) electrons. The highest BCUT2D eigenvalue weighted by molar-refractivity contribution is 5.82. The fourth-order valence-corrected chi connectivity index (χ4v) is 4.22. The molecule has 0 aromatic heterocycles. The molecule has 3 fully saturated rings. The van der Waals surface area contributed by atoms with Gasteiger partial charge in [-0.3, -0.25) is 4.79 Å². The maximum absolute atomic E-state index is 12.8. The third-order valence-electron chi connectivity index (χ3n) is 5.84. The molecule has 3 rings (SSSR count). The van der Waals surface area contributed by atoms with Crippen molar-refractivity contribution in [3.05, 3.63) is 0 Å². The topological polar surface area (TPSA) is 35.6 Å². The Balaban J connectivity index is 1.47. The summed E-state index contributed by atoms with van der Waals surface area (Å²) in [4.78, 5) is 17.6. The quantitative estimate of drug-likeness (QED) is 0.860. The highest BCUT2D eigenvalue weighted by atomic mass is 16.2. The van der Waals surface area contributed by atoms with Crippen LogP contribution in [0.15, 0.2) is 0 Å². The Morgan fingerprint density at radius 3 is 2.33 bits per heavy atom. The highest BCUT2D eigenvalue weighted by Gasteiger charge is 2.38. The number of carbonyl (C=O) groups excluding carboxylic acids is 1. The summed E-state index contributed by atoms with van der Waals surface area (Å²) >= 11 is 0. The number of nitrogens with zero attached hydrogens (tertiary/aromatic N) is 2. The summed E-state index contributed by atoms with van der Waals surface area (Å²) in [6, 6.07) is 0. The number of hydrogen-bond donors (Lipinski definition) is 1. The molecule has 1 N–H and O–H groups in total. The Labute approximate surface area is 129 Å². The van der Waals surface area contributed by atoms with E-state index in [4.69, 9.17) is 0 Å². The molecule has 3 heterocycles. The molecular weight excluding hydrogens is 262 g/mol. The molecule has 4 heteroatoms. The molecule has 3 saturated heterocycles. The molecule has 4 nitrogen and oxygen atoms in total. The van der Waals surface area contributed by atoms with Crippen LogP contribution in [0.5, 0.6) is 0 Å². The van der Waals surface area contributed by atoms with Gasteiger partial charge in [0.1, 0.15) is 0 Å². The fraction of sp³-hybridized carbons (Fsp3) is 0.941. The monoisotopic (exact) mass is 293 g/mol. The normalized spacial score (nSPS) is 28.0. The average Bonchev–Trinajstić information content (AvgIpc) is 3.01. The minimum Gasteiger partial charge on any atom is -0.342 e. The van der Waals surface area contributed by atoms with E-state index in [1.54, 1.807) is 0 Å². The lowest BCUT2D eigenvalue weighted by atomic mass is 9.79. The Morgan fingerprint density at radius 2 is 1.71 bits per heavy atom. The van der Waals surface area contributed by atoms with Crippen molar-refractivity contribution in [2.75, 3.05) is 45.8 Å². The maximum atomic E-state index is 12.8. The van der Waals surface area contributed by atoms with Crippen LogP contribution in [0.25, 0.3) is 0 Å². The molecule has 0 aromatic rings. The van der Waals surface area contributed by atoms with Crippen molar-refractivity contribution in [1.82, 2.24) is 15.1 Å². The Bertz CT molecular complexity index is 351. The van der Waals surface area contributed by atoms with Gasteiger partial charge in [-0.25, -0.2) is 0 Å². The first-order valence-electron chi connectivity index (χ1n) is 8.90. The van der Waals surface area contributed by atoms with E-state index in [1.165, 1.54) is 45.3 Å². The summed E-state index contributed by atoms with van der Waals surface area (Å²) in [7, 11) is 0. The fourth-order valence-electron chi connectivity index (χ4n) is 4.22. The van der Waals surface area contributed by atoms with Gasteiger partial charge in [-0.1, -0.05) is 6.92 Å². The SMILES string of the molecule is CC1(C(=O)N2CCC(CN3CCCC3)CC2)CCNCC1. The van der Waals surface area contributed by atoms with Crippen LogP contribution in [0.4, 0.5) is 0 Å². The smallest absolute Gasteiger partial charge is 0.228 e. The number of amides is 1. The second-order valence-corrected chi connectivity index (χ2v) is 7.55. The van der Waals surface area contributed by atoms with E-state index >= 15 is 0 Å². The van der Waals surface area contributed by atoms with Crippen molar-refractivity contribution in [2.24, 2.45) is 11.3 Å². The van der Waals surface area contributed by atoms with Crippen molar-refractivity contribution in [3.63, 3.8) is 0 Å². The lowest BCUT2D eigenvalue weighted by molar-refractivity contribution is -0.144. The summed E-state index contributed by atoms with van der Waals surface area (Å²) in [6.45, 7) is 9.99. The van der Waals surface area contributed by atoms with Gasteiger partial charge in [0, 0.05) is 25.0 Å². The molecule has 0 atom stereocenters. The molecule has 0 bridgehead atoms. The first-order chi connectivity index (χ1) is 10.2. The van der Waals surface area contributed by atoms with Gasteiger partial charge >= 0.3 is 0 Å². The van der Waals surface area contributed by atoms with Gasteiger partial charge < -0.3 is 15.1 Å². The summed E-state index contributed by atoms with van der Waals surface area (Å²) < 4.78 is 0. The number of rotatable bonds is 3. The third-order valence-corrected chi connectivity index (χ3v) is 5.84. The van der Waals surface area contributed by atoms with E-state index < -0.39 is 0 Å². The number of likely N-dealkylation sites (tertiary alicyclic amines) is 2. The van der Waals surface area contributed by atoms with Crippen molar-refractivity contribution < 1.29 is 4.79 Å². The zero-order valence-corrected chi connectivity index (χ0v) is 13.6. The van der Waals surface area contributed by atoms with Gasteiger partial charge in [-0.05, 0) is 70.6 Å². The third kappa shape index (κ3) is 3.59. The van der Waals surface area contributed by atoms with Crippen LogP contribution in [-0.2, 0) is 4.79 Å². The van der Waals surface area contributed by atoms with Crippen LogP contribution in [0.2, 0.25) is 0 Å². The Kier molecular flexibility index (Phi) is 4.85. The Hall–Kier alpha value is -0.610. The van der Waals surface area contributed by atoms with Crippen molar-refractivity contribution in [3.8, 4) is 0 Å². The minimum absolute atomic E-state index is 0.104. The van der Waals surface area contributed by atoms with Crippen LogP contribution in [0.1, 0.15) is 45.4 Å². The van der Waals surface area contributed by atoms with Crippen LogP contribution in [0.3, 0.4) is 0 Å². The predicted octanol–water partition coefficient (Wildman–Crippen LogP) is 1.71. The molecule has 3 aliphatic heterocycles. The Morgan fingerprint density at radius 1 is 1.10 bits per heavy atom. The van der Waals surface area contributed by atoms with Crippen LogP contribution < -0.4 is 5.32 Å². The second-order valence-electron chi connectivity index (χ2n) is 7.55. The molecule has 0 aromatic carbocycles. The largest absolute Gasteiger partial charge is 0.342 e. The van der Waals surface area contributed by atoms with E-state index in [0.717, 1.165) is 44.9 Å².